The van der Waals surface area contributed by atoms with E-state index in [0.29, 0.717) is 17.7 Å². The first-order valence-corrected chi connectivity index (χ1v) is 10.5. The van der Waals surface area contributed by atoms with Crippen molar-refractivity contribution >= 4 is 17.3 Å². The first-order valence-electron chi connectivity index (χ1n) is 10.1. The Kier molecular flexibility index (Phi) is 4.50. The topological polar surface area (TPSA) is 34.1 Å². The number of oxime groups is 1. The Bertz CT molecular complexity index is 1090. The average Bonchev–Trinajstić information content (AvgIpc) is 3.29. The Morgan fingerprint density at radius 3 is 2.52 bits per heavy atom. The van der Waals surface area contributed by atoms with E-state index in [2.05, 4.69) is 10.1 Å². The average molecular weight is 451 g/mol. The Morgan fingerprint density at radius 1 is 1.13 bits per heavy atom. The number of hydrogen-bond acceptors (Lipinski definition) is 4. The van der Waals surface area contributed by atoms with Gasteiger partial charge in [0, 0.05) is 30.1 Å². The van der Waals surface area contributed by atoms with Crippen LogP contribution in [0, 0.1) is 13.8 Å². The number of nitrogens with zero attached hydrogens (tertiary/aromatic N) is 2. The Hall–Kier alpha value is -2.09. The number of aryl methyl sites for hydroxylation is 1. The highest BCUT2D eigenvalue weighted by molar-refractivity contribution is 6.31. The molecule has 31 heavy (non-hydrogen) atoms. The van der Waals surface area contributed by atoms with E-state index in [0.717, 1.165) is 29.8 Å². The van der Waals surface area contributed by atoms with E-state index in [1.807, 2.05) is 25.2 Å². The first kappa shape index (κ1) is 20.8. The standard InChI is InChI=1S/C23H22ClF3N2O2/c1-13-6-17(8-19(24)14(13)2)22(23(25,26)27)9-20(28-31-22)15-4-5-18-16(7-15)10-30-21(18)11-29(3)12-21/h4-8H,9-12H2,1-3H3. The molecule has 2 aromatic rings. The lowest BCUT2D eigenvalue weighted by Gasteiger charge is -2.45. The largest absolute Gasteiger partial charge is 0.435 e. The van der Waals surface area contributed by atoms with Crippen molar-refractivity contribution in [3.05, 3.63) is 68.7 Å². The lowest BCUT2D eigenvalue weighted by Crippen LogP contribution is -2.57. The molecule has 0 aromatic heterocycles. The molecular formula is C23H22ClF3N2O2. The molecule has 0 N–H and O–H groups in total. The van der Waals surface area contributed by atoms with Gasteiger partial charge >= 0.3 is 6.18 Å². The summed E-state index contributed by atoms with van der Waals surface area (Å²) >= 11 is 6.21. The van der Waals surface area contributed by atoms with Gasteiger partial charge in [-0.2, -0.15) is 13.2 Å². The lowest BCUT2D eigenvalue weighted by molar-refractivity contribution is -0.275. The van der Waals surface area contributed by atoms with Gasteiger partial charge in [0.25, 0.3) is 5.60 Å². The third-order valence-electron chi connectivity index (χ3n) is 6.74. The van der Waals surface area contributed by atoms with Crippen LogP contribution in [0.3, 0.4) is 0 Å². The number of benzene rings is 2. The van der Waals surface area contributed by atoms with Crippen molar-refractivity contribution in [2.45, 2.75) is 44.3 Å². The molecule has 0 bridgehead atoms. The predicted molar refractivity (Wildman–Crippen MR) is 111 cm³/mol. The molecule has 1 atom stereocenters. The minimum Gasteiger partial charge on any atom is -0.374 e. The maximum Gasteiger partial charge on any atom is 0.435 e. The maximum absolute atomic E-state index is 14.3. The molecule has 164 valence electrons. The molecule has 3 aliphatic rings. The van der Waals surface area contributed by atoms with Crippen molar-refractivity contribution < 1.29 is 22.7 Å². The third kappa shape index (κ3) is 3.01. The summed E-state index contributed by atoms with van der Waals surface area (Å²) < 4.78 is 48.9. The highest BCUT2D eigenvalue weighted by Crippen LogP contribution is 2.50. The van der Waals surface area contributed by atoms with Gasteiger partial charge < -0.3 is 9.57 Å². The molecule has 0 saturated carbocycles. The second-order valence-electron chi connectivity index (χ2n) is 8.86. The number of fused-ring (bicyclic) bond motifs is 2. The summed E-state index contributed by atoms with van der Waals surface area (Å²) in [7, 11) is 2.03. The summed E-state index contributed by atoms with van der Waals surface area (Å²) in [6.07, 6.45) is -5.08. The molecular weight excluding hydrogens is 429 g/mol. The van der Waals surface area contributed by atoms with Crippen molar-refractivity contribution in [2.75, 3.05) is 20.1 Å². The smallest absolute Gasteiger partial charge is 0.374 e. The van der Waals surface area contributed by atoms with Crippen LogP contribution in [0.5, 0.6) is 0 Å². The molecule has 3 heterocycles. The number of halogens is 4. The summed E-state index contributed by atoms with van der Waals surface area (Å²) in [5.41, 5.74) is 1.52. The molecule has 1 unspecified atom stereocenters. The molecule has 0 amide bonds. The summed E-state index contributed by atoms with van der Waals surface area (Å²) in [4.78, 5) is 7.35. The highest BCUT2D eigenvalue weighted by atomic mass is 35.5. The second-order valence-corrected chi connectivity index (χ2v) is 9.27. The van der Waals surface area contributed by atoms with Crippen molar-refractivity contribution in [3.63, 3.8) is 0 Å². The van der Waals surface area contributed by atoms with Crippen molar-refractivity contribution in [3.8, 4) is 0 Å². The Labute approximate surface area is 183 Å². The van der Waals surface area contributed by atoms with Crippen LogP contribution in [0.2, 0.25) is 5.02 Å². The molecule has 1 fully saturated rings. The quantitative estimate of drug-likeness (QED) is 0.630. The van der Waals surface area contributed by atoms with Crippen LogP contribution in [0.1, 0.15) is 39.8 Å². The molecule has 0 aliphatic carbocycles. The Balaban J connectivity index is 1.49. The van der Waals surface area contributed by atoms with Gasteiger partial charge in [0.1, 0.15) is 5.60 Å². The van der Waals surface area contributed by atoms with Crippen LogP contribution in [-0.4, -0.2) is 36.9 Å². The normalized spacial score (nSPS) is 24.7. The van der Waals surface area contributed by atoms with Crippen LogP contribution < -0.4 is 0 Å². The van der Waals surface area contributed by atoms with E-state index in [9.17, 15) is 13.2 Å². The van der Waals surface area contributed by atoms with E-state index >= 15 is 0 Å². The molecule has 2 aromatic carbocycles. The highest BCUT2D eigenvalue weighted by Gasteiger charge is 2.62. The summed E-state index contributed by atoms with van der Waals surface area (Å²) in [5, 5.41) is 4.18. The number of rotatable bonds is 2. The van der Waals surface area contributed by atoms with Gasteiger partial charge in [0.05, 0.1) is 12.3 Å². The predicted octanol–water partition coefficient (Wildman–Crippen LogP) is 5.21. The molecule has 3 aliphatic heterocycles. The Morgan fingerprint density at radius 2 is 1.87 bits per heavy atom. The fourth-order valence-electron chi connectivity index (χ4n) is 4.83. The fourth-order valence-corrected chi connectivity index (χ4v) is 5.09. The minimum absolute atomic E-state index is 0.0344. The van der Waals surface area contributed by atoms with Crippen LogP contribution in [0.25, 0.3) is 0 Å². The fraction of sp³-hybridized carbons (Fsp3) is 0.435. The van der Waals surface area contributed by atoms with Crippen LogP contribution in [0.15, 0.2) is 35.5 Å². The van der Waals surface area contributed by atoms with E-state index < -0.39 is 18.2 Å². The number of likely N-dealkylation sites (N-methyl/N-ethyl adjacent to an activating group) is 1. The number of alkyl halides is 3. The monoisotopic (exact) mass is 450 g/mol. The SMILES string of the molecule is Cc1cc(C2(C(F)(F)F)CC(c3ccc4c(c3)COC43CN(C)C3)=NO2)cc(Cl)c1C. The summed E-state index contributed by atoms with van der Waals surface area (Å²) in [5.74, 6) is 0. The van der Waals surface area contributed by atoms with Crippen LogP contribution >= 0.6 is 11.6 Å². The zero-order chi connectivity index (χ0) is 22.2. The number of ether oxygens (including phenoxy) is 1. The molecule has 0 radical (unpaired) electrons. The third-order valence-corrected chi connectivity index (χ3v) is 7.13. The van der Waals surface area contributed by atoms with Gasteiger partial charge in [-0.1, -0.05) is 35.0 Å². The second kappa shape index (κ2) is 6.70. The van der Waals surface area contributed by atoms with Gasteiger partial charge in [0.15, 0.2) is 0 Å². The maximum atomic E-state index is 14.3. The zero-order valence-electron chi connectivity index (χ0n) is 17.4. The number of hydrogen-bond donors (Lipinski definition) is 0. The minimum atomic E-state index is -4.66. The van der Waals surface area contributed by atoms with E-state index in [4.69, 9.17) is 21.2 Å². The molecule has 8 heteroatoms. The molecule has 1 saturated heterocycles. The number of likely N-dealkylation sites (tertiary alicyclic amines) is 1. The van der Waals surface area contributed by atoms with E-state index in [-0.39, 0.29) is 21.9 Å². The van der Waals surface area contributed by atoms with Crippen molar-refractivity contribution in [1.82, 2.24) is 4.90 Å². The van der Waals surface area contributed by atoms with Crippen LogP contribution in [0.4, 0.5) is 13.2 Å². The summed E-state index contributed by atoms with van der Waals surface area (Å²) in [6.45, 7) is 5.59. The first-order chi connectivity index (χ1) is 14.5. The van der Waals surface area contributed by atoms with E-state index in [1.54, 1.807) is 13.8 Å². The van der Waals surface area contributed by atoms with E-state index in [1.165, 1.54) is 12.1 Å². The van der Waals surface area contributed by atoms with Crippen molar-refractivity contribution in [2.24, 2.45) is 5.16 Å². The van der Waals surface area contributed by atoms with Crippen molar-refractivity contribution in [1.29, 1.82) is 0 Å². The lowest BCUT2D eigenvalue weighted by atomic mass is 9.83. The molecule has 1 spiro atoms. The molecule has 5 rings (SSSR count). The van der Waals surface area contributed by atoms with Gasteiger partial charge in [-0.05, 0) is 60.8 Å². The van der Waals surface area contributed by atoms with Gasteiger partial charge in [0.2, 0.25) is 0 Å². The molecule has 4 nitrogen and oxygen atoms in total. The van der Waals surface area contributed by atoms with Gasteiger partial charge in [-0.3, -0.25) is 4.90 Å². The van der Waals surface area contributed by atoms with Gasteiger partial charge in [-0.15, -0.1) is 0 Å². The van der Waals surface area contributed by atoms with Gasteiger partial charge in [-0.25, -0.2) is 0 Å². The zero-order valence-corrected chi connectivity index (χ0v) is 18.2. The summed E-state index contributed by atoms with van der Waals surface area (Å²) in [6, 6.07) is 8.47. The van der Waals surface area contributed by atoms with Crippen LogP contribution in [-0.2, 0) is 27.4 Å².